The van der Waals surface area contributed by atoms with Gasteiger partial charge in [-0.05, 0) is 21.1 Å². The zero-order valence-corrected chi connectivity index (χ0v) is 8.29. The van der Waals surface area contributed by atoms with E-state index in [9.17, 15) is 0 Å². The summed E-state index contributed by atoms with van der Waals surface area (Å²) in [5, 5.41) is 1.58. The van der Waals surface area contributed by atoms with Crippen LogP contribution >= 0.6 is 7.53 Å². The smallest absolute Gasteiger partial charge is 0.195 e. The maximum atomic E-state index is 2.33. The highest BCUT2D eigenvalue weighted by Gasteiger charge is 2.15. The van der Waals surface area contributed by atoms with E-state index in [0.29, 0.717) is 0 Å². The van der Waals surface area contributed by atoms with Gasteiger partial charge in [-0.25, -0.2) is 0 Å². The van der Waals surface area contributed by atoms with E-state index in [1.54, 1.807) is 5.30 Å². The molecule has 1 aromatic rings. The van der Waals surface area contributed by atoms with Crippen molar-refractivity contribution in [3.8, 4) is 0 Å². The van der Waals surface area contributed by atoms with Gasteiger partial charge in [-0.3, -0.25) is 0 Å². The summed E-state index contributed by atoms with van der Waals surface area (Å²) in [6, 6.07) is 0. The Morgan fingerprint density at radius 3 is 1.80 bits per heavy atom. The van der Waals surface area contributed by atoms with Gasteiger partial charge < -0.3 is 0 Å². The molecule has 0 radical (unpaired) electrons. The molecular weight excluding hydrogens is 141 g/mol. The molecule has 0 bridgehead atoms. The van der Waals surface area contributed by atoms with E-state index in [0.717, 1.165) is 0 Å². The summed E-state index contributed by atoms with van der Waals surface area (Å²) < 4.78 is 2.31. The highest BCUT2D eigenvalue weighted by Crippen LogP contribution is 2.32. The van der Waals surface area contributed by atoms with Crippen LogP contribution in [0.15, 0.2) is 0 Å². The Bertz CT molecular complexity index is 180. The molecule has 10 heavy (non-hydrogen) atoms. The Hall–Kier alpha value is -0.290. The molecule has 0 aliphatic rings. The van der Waals surface area contributed by atoms with Crippen molar-refractivity contribution >= 4 is 7.53 Å². The lowest BCUT2D eigenvalue weighted by molar-refractivity contribution is -0.678. The molecule has 0 fully saturated rings. The third kappa shape index (κ3) is 0.894. The molecule has 0 aromatic carbocycles. The lowest BCUT2D eigenvalue weighted by Gasteiger charge is -1.84. The summed E-state index contributed by atoms with van der Waals surface area (Å²) in [6.45, 7) is 9.00. The molecule has 0 aliphatic heterocycles. The second-order valence-electron chi connectivity index (χ2n) is 2.84. The Morgan fingerprint density at radius 1 is 1.20 bits per heavy atom. The summed E-state index contributed by atoms with van der Waals surface area (Å²) in [4.78, 5) is 0. The van der Waals surface area contributed by atoms with Gasteiger partial charge in [0.2, 0.25) is 0 Å². The highest BCUT2D eigenvalue weighted by molar-refractivity contribution is 7.49. The van der Waals surface area contributed by atoms with Gasteiger partial charge in [-0.15, -0.1) is 0 Å². The molecule has 0 spiro atoms. The number of nitrogens with zero attached hydrogens (tertiary/aromatic N) is 1. The maximum absolute atomic E-state index is 2.33. The van der Waals surface area contributed by atoms with E-state index in [2.05, 4.69) is 39.1 Å². The van der Waals surface area contributed by atoms with Gasteiger partial charge in [0, 0.05) is 19.1 Å². The highest BCUT2D eigenvalue weighted by atomic mass is 31.1. The summed E-state index contributed by atoms with van der Waals surface area (Å²) in [5.74, 6) is 0. The van der Waals surface area contributed by atoms with Crippen LogP contribution in [0.3, 0.4) is 0 Å². The molecule has 0 saturated carbocycles. The van der Waals surface area contributed by atoms with Gasteiger partial charge in [0.25, 0.3) is 0 Å². The second kappa shape index (κ2) is 2.39. The number of hydrogen-bond donors (Lipinski definition) is 0. The second-order valence-corrected chi connectivity index (χ2v) is 5.27. The largest absolute Gasteiger partial charge is 0.199 e. The minimum absolute atomic E-state index is 0.0561. The fraction of sp³-hybridized carbons (Fsp3) is 0.625. The predicted octanol–water partition coefficient (Wildman–Crippen LogP) is 1.96. The van der Waals surface area contributed by atoms with Crippen LogP contribution in [0.4, 0.5) is 0 Å². The third-order valence-electron chi connectivity index (χ3n) is 2.50. The fourth-order valence-corrected chi connectivity index (χ4v) is 2.92. The number of hydrogen-bond acceptors (Lipinski definition) is 0. The standard InChI is InChI=1S/C8H15NP/c1-6-7(2)10(5)8(3)9(6)4/h1-5H3/q+1. The van der Waals surface area contributed by atoms with Crippen molar-refractivity contribution < 1.29 is 4.57 Å². The lowest BCUT2D eigenvalue weighted by atomic mass is 10.4. The Morgan fingerprint density at radius 2 is 1.70 bits per heavy atom. The quantitative estimate of drug-likeness (QED) is 0.505. The monoisotopic (exact) mass is 156 g/mol. The van der Waals surface area contributed by atoms with Crippen LogP contribution in [0.1, 0.15) is 16.4 Å². The van der Waals surface area contributed by atoms with Crippen LogP contribution < -0.4 is 4.57 Å². The van der Waals surface area contributed by atoms with Gasteiger partial charge in [0.05, 0.1) is 0 Å². The first kappa shape index (κ1) is 7.81. The molecule has 1 heterocycles. The lowest BCUT2D eigenvalue weighted by Crippen LogP contribution is -2.31. The van der Waals surface area contributed by atoms with Crippen molar-refractivity contribution in [3.63, 3.8) is 0 Å². The van der Waals surface area contributed by atoms with E-state index in [4.69, 9.17) is 0 Å². The molecule has 1 atom stereocenters. The average molecular weight is 156 g/mol. The van der Waals surface area contributed by atoms with Crippen LogP contribution in [0.2, 0.25) is 0 Å². The molecular formula is C8H15NP+. The first-order chi connectivity index (χ1) is 4.55. The minimum atomic E-state index is 0.0561. The zero-order valence-electron chi connectivity index (χ0n) is 7.39. The van der Waals surface area contributed by atoms with Crippen LogP contribution in [-0.4, -0.2) is 0 Å². The predicted molar refractivity (Wildman–Crippen MR) is 45.5 cm³/mol. The van der Waals surface area contributed by atoms with Crippen molar-refractivity contribution in [1.29, 1.82) is 0 Å². The van der Waals surface area contributed by atoms with Gasteiger partial charge >= 0.3 is 0 Å². The van der Waals surface area contributed by atoms with Gasteiger partial charge in [-0.1, -0.05) is 0 Å². The number of aromatic nitrogens is 1. The zero-order chi connectivity index (χ0) is 7.89. The normalized spacial score (nSPS) is 12.3. The van der Waals surface area contributed by atoms with E-state index in [-0.39, 0.29) is 7.53 Å². The van der Waals surface area contributed by atoms with Crippen molar-refractivity contribution in [3.05, 3.63) is 16.4 Å². The summed E-state index contributed by atoms with van der Waals surface area (Å²) >= 11 is 0. The topological polar surface area (TPSA) is 3.88 Å². The van der Waals surface area contributed by atoms with E-state index in [1.165, 1.54) is 11.1 Å². The molecule has 56 valence electrons. The summed E-state index contributed by atoms with van der Waals surface area (Å²) in [6.07, 6.45) is 0. The van der Waals surface area contributed by atoms with Gasteiger partial charge in [-0.2, -0.15) is 4.57 Å². The molecule has 1 nitrogen and oxygen atoms in total. The van der Waals surface area contributed by atoms with Gasteiger partial charge in [0.15, 0.2) is 11.1 Å². The average Bonchev–Trinajstić information content (AvgIpc) is 2.07. The third-order valence-corrected chi connectivity index (χ3v) is 5.10. The molecule has 1 aromatic heterocycles. The van der Waals surface area contributed by atoms with Crippen molar-refractivity contribution in [1.82, 2.24) is 0 Å². The Labute approximate surface area is 63.8 Å². The molecule has 0 aliphatic carbocycles. The maximum Gasteiger partial charge on any atom is 0.195 e. The van der Waals surface area contributed by atoms with E-state index in [1.807, 2.05) is 0 Å². The molecule has 2 heteroatoms. The minimum Gasteiger partial charge on any atom is -0.199 e. The first-order valence-corrected chi connectivity index (χ1v) is 5.33. The molecule has 0 amide bonds. The van der Waals surface area contributed by atoms with Gasteiger partial charge in [0.1, 0.15) is 7.05 Å². The van der Waals surface area contributed by atoms with E-state index >= 15 is 0 Å². The summed E-state index contributed by atoms with van der Waals surface area (Å²) in [7, 11) is 2.21. The van der Waals surface area contributed by atoms with Crippen LogP contribution in [0.5, 0.6) is 0 Å². The first-order valence-electron chi connectivity index (χ1n) is 3.54. The molecule has 1 unspecified atom stereocenters. The molecule has 1 rings (SSSR count). The van der Waals surface area contributed by atoms with E-state index < -0.39 is 0 Å². The SMILES string of the molecule is Cc1c(C)p(C)c(C)[n+]1C. The van der Waals surface area contributed by atoms with Crippen LogP contribution in [-0.2, 0) is 13.7 Å². The van der Waals surface area contributed by atoms with Crippen molar-refractivity contribution in [2.75, 3.05) is 0 Å². The van der Waals surface area contributed by atoms with Crippen LogP contribution in [0, 0.1) is 20.8 Å². The molecule has 0 N–H and O–H groups in total. The fourth-order valence-electron chi connectivity index (χ4n) is 1.20. The van der Waals surface area contributed by atoms with Crippen molar-refractivity contribution in [2.24, 2.45) is 13.7 Å². The van der Waals surface area contributed by atoms with Crippen molar-refractivity contribution in [2.45, 2.75) is 20.8 Å². The van der Waals surface area contributed by atoms with Crippen LogP contribution in [0.25, 0.3) is 0 Å². The Balaban J connectivity index is 3.44. The summed E-state index contributed by atoms with van der Waals surface area (Å²) in [5.41, 5.74) is 2.98. The Kier molecular flexibility index (Phi) is 1.87. The number of rotatable bonds is 0. The molecule has 0 saturated heterocycles.